The van der Waals surface area contributed by atoms with Gasteiger partial charge in [-0.25, -0.2) is 8.78 Å². The molecule has 14 heavy (non-hydrogen) atoms. The summed E-state index contributed by atoms with van der Waals surface area (Å²) < 4.78 is 29.5. The number of ether oxygens (including phenoxy) is 1. The highest BCUT2D eigenvalue weighted by molar-refractivity contribution is 5.85. The molecule has 1 rings (SSSR count). The summed E-state index contributed by atoms with van der Waals surface area (Å²) in [7, 11) is 0. The monoisotopic (exact) mass is 223 g/mol. The van der Waals surface area contributed by atoms with Gasteiger partial charge in [0.2, 0.25) is 0 Å². The molecule has 0 aliphatic heterocycles. The predicted octanol–water partition coefficient (Wildman–Crippen LogP) is 2.72. The molecule has 0 aliphatic rings. The van der Waals surface area contributed by atoms with E-state index in [2.05, 4.69) is 0 Å². The van der Waals surface area contributed by atoms with Crippen molar-refractivity contribution in [2.24, 2.45) is 0 Å². The van der Waals surface area contributed by atoms with Crippen LogP contribution >= 0.6 is 12.4 Å². The minimum Gasteiger partial charge on any atom is -0.487 e. The highest BCUT2D eigenvalue weighted by atomic mass is 35.5. The number of halogens is 3. The Labute approximate surface area is 87.5 Å². The lowest BCUT2D eigenvalue weighted by atomic mass is 10.3. The maximum Gasteiger partial charge on any atom is 0.278 e. The quantitative estimate of drug-likeness (QED) is 0.800. The van der Waals surface area contributed by atoms with E-state index >= 15 is 0 Å². The van der Waals surface area contributed by atoms with Gasteiger partial charge in [0.1, 0.15) is 5.75 Å². The Morgan fingerprint density at radius 3 is 2.57 bits per heavy atom. The number of benzene rings is 1. The second-order valence-electron chi connectivity index (χ2n) is 2.93. The lowest BCUT2D eigenvalue weighted by Crippen LogP contribution is -2.20. The lowest BCUT2D eigenvalue weighted by molar-refractivity contribution is -0.0229. The molecule has 0 saturated heterocycles. The molecule has 80 valence electrons. The maximum atomic E-state index is 12.4. The Morgan fingerprint density at radius 2 is 2.07 bits per heavy atom. The smallest absolute Gasteiger partial charge is 0.278 e. The Morgan fingerprint density at radius 1 is 1.43 bits per heavy atom. The van der Waals surface area contributed by atoms with Crippen LogP contribution in [0.5, 0.6) is 5.75 Å². The van der Waals surface area contributed by atoms with Crippen molar-refractivity contribution < 1.29 is 13.5 Å². The molecule has 0 heterocycles. The van der Waals surface area contributed by atoms with E-state index in [1.165, 1.54) is 6.07 Å². The van der Waals surface area contributed by atoms with Crippen molar-refractivity contribution in [3.63, 3.8) is 0 Å². The molecule has 0 amide bonds. The molecule has 1 aromatic rings. The van der Waals surface area contributed by atoms with E-state index in [0.717, 1.165) is 6.92 Å². The molecule has 0 radical (unpaired) electrons. The van der Waals surface area contributed by atoms with Gasteiger partial charge in [-0.3, -0.25) is 0 Å². The molecular weight excluding hydrogens is 212 g/mol. The van der Waals surface area contributed by atoms with Crippen molar-refractivity contribution in [3.05, 3.63) is 24.3 Å². The third kappa shape index (κ3) is 4.87. The Balaban J connectivity index is 0.00000169. The summed E-state index contributed by atoms with van der Waals surface area (Å²) in [6.07, 6.45) is 0. The average molecular weight is 224 g/mol. The zero-order valence-electron chi connectivity index (χ0n) is 7.67. The van der Waals surface area contributed by atoms with Gasteiger partial charge in [0.25, 0.3) is 5.92 Å². The van der Waals surface area contributed by atoms with Gasteiger partial charge < -0.3 is 10.5 Å². The van der Waals surface area contributed by atoms with Gasteiger partial charge in [0.15, 0.2) is 6.61 Å². The van der Waals surface area contributed by atoms with Crippen molar-refractivity contribution in [3.8, 4) is 5.75 Å². The van der Waals surface area contributed by atoms with E-state index in [1.807, 2.05) is 0 Å². The summed E-state index contributed by atoms with van der Waals surface area (Å²) in [5.41, 5.74) is 5.93. The van der Waals surface area contributed by atoms with E-state index in [4.69, 9.17) is 10.5 Å². The first-order valence-electron chi connectivity index (χ1n) is 3.83. The van der Waals surface area contributed by atoms with Crippen molar-refractivity contribution >= 4 is 18.1 Å². The average Bonchev–Trinajstić information content (AvgIpc) is 2.00. The fourth-order valence-electron chi connectivity index (χ4n) is 0.814. The SMILES string of the molecule is CC(F)(F)COc1cccc(N)c1.Cl. The van der Waals surface area contributed by atoms with Crippen LogP contribution in [0, 0.1) is 0 Å². The molecule has 0 bridgehead atoms. The van der Waals surface area contributed by atoms with Crippen LogP contribution in [0.3, 0.4) is 0 Å². The Bertz CT molecular complexity index is 288. The van der Waals surface area contributed by atoms with Gasteiger partial charge >= 0.3 is 0 Å². The third-order valence-electron chi connectivity index (χ3n) is 1.35. The van der Waals surface area contributed by atoms with Gasteiger partial charge in [-0.15, -0.1) is 12.4 Å². The van der Waals surface area contributed by atoms with Crippen LogP contribution < -0.4 is 10.5 Å². The summed E-state index contributed by atoms with van der Waals surface area (Å²) in [6.45, 7) is 0.176. The zero-order valence-corrected chi connectivity index (χ0v) is 8.48. The normalized spacial score (nSPS) is 10.5. The number of alkyl halides is 2. The van der Waals surface area contributed by atoms with Gasteiger partial charge in [-0.2, -0.15) is 0 Å². The predicted molar refractivity (Wildman–Crippen MR) is 54.2 cm³/mol. The first-order valence-corrected chi connectivity index (χ1v) is 3.83. The topological polar surface area (TPSA) is 35.2 Å². The molecular formula is C9H12ClF2NO. The van der Waals surface area contributed by atoms with Crippen LogP contribution in [0.4, 0.5) is 14.5 Å². The van der Waals surface area contributed by atoms with Gasteiger partial charge in [0.05, 0.1) is 0 Å². The van der Waals surface area contributed by atoms with Crippen LogP contribution in [0.15, 0.2) is 24.3 Å². The fourth-order valence-corrected chi connectivity index (χ4v) is 0.814. The van der Waals surface area contributed by atoms with E-state index in [0.29, 0.717) is 11.4 Å². The number of nitrogen functional groups attached to an aromatic ring is 1. The van der Waals surface area contributed by atoms with Crippen LogP contribution in [0.2, 0.25) is 0 Å². The standard InChI is InChI=1S/C9H11F2NO.ClH/c1-9(10,11)6-13-8-4-2-3-7(12)5-8;/h2-5H,6,12H2,1H3;1H. The number of hydrogen-bond acceptors (Lipinski definition) is 2. The van der Waals surface area contributed by atoms with Crippen LogP contribution in [-0.2, 0) is 0 Å². The first kappa shape index (κ1) is 13.0. The minimum absolute atomic E-state index is 0. The summed E-state index contributed by atoms with van der Waals surface area (Å²) >= 11 is 0. The molecule has 0 fully saturated rings. The number of nitrogens with two attached hydrogens (primary N) is 1. The summed E-state index contributed by atoms with van der Waals surface area (Å²) in [4.78, 5) is 0. The van der Waals surface area contributed by atoms with Crippen LogP contribution in [-0.4, -0.2) is 12.5 Å². The minimum atomic E-state index is -2.81. The number of anilines is 1. The van der Waals surface area contributed by atoms with Crippen molar-refractivity contribution in [1.82, 2.24) is 0 Å². The molecule has 2 nitrogen and oxygen atoms in total. The van der Waals surface area contributed by atoms with Crippen molar-refractivity contribution in [1.29, 1.82) is 0 Å². The number of hydrogen-bond donors (Lipinski definition) is 1. The molecule has 0 spiro atoms. The Hall–Kier alpha value is -1.03. The summed E-state index contributed by atoms with van der Waals surface area (Å²) in [5, 5.41) is 0. The zero-order chi connectivity index (χ0) is 9.90. The molecule has 0 unspecified atom stereocenters. The van der Waals surface area contributed by atoms with E-state index in [9.17, 15) is 8.78 Å². The fraction of sp³-hybridized carbons (Fsp3) is 0.333. The summed E-state index contributed by atoms with van der Waals surface area (Å²) in [6, 6.07) is 6.41. The molecule has 0 atom stereocenters. The molecule has 0 saturated carbocycles. The van der Waals surface area contributed by atoms with E-state index in [1.54, 1.807) is 18.2 Å². The Kier molecular flexibility index (Phi) is 4.63. The molecule has 0 aliphatic carbocycles. The molecule has 1 aromatic carbocycles. The highest BCUT2D eigenvalue weighted by Crippen LogP contribution is 2.18. The molecule has 0 aromatic heterocycles. The van der Waals surface area contributed by atoms with Crippen molar-refractivity contribution in [2.75, 3.05) is 12.3 Å². The second-order valence-corrected chi connectivity index (χ2v) is 2.93. The summed E-state index contributed by atoms with van der Waals surface area (Å²) in [5.74, 6) is -2.45. The molecule has 2 N–H and O–H groups in total. The first-order chi connectivity index (χ1) is 5.97. The lowest BCUT2D eigenvalue weighted by Gasteiger charge is -2.11. The van der Waals surface area contributed by atoms with E-state index < -0.39 is 12.5 Å². The number of rotatable bonds is 3. The van der Waals surface area contributed by atoms with Crippen molar-refractivity contribution in [2.45, 2.75) is 12.8 Å². The largest absolute Gasteiger partial charge is 0.487 e. The second kappa shape index (κ2) is 5.00. The van der Waals surface area contributed by atoms with Gasteiger partial charge in [-0.05, 0) is 12.1 Å². The van der Waals surface area contributed by atoms with Crippen LogP contribution in [0.25, 0.3) is 0 Å². The maximum absolute atomic E-state index is 12.4. The highest BCUT2D eigenvalue weighted by Gasteiger charge is 2.21. The third-order valence-corrected chi connectivity index (χ3v) is 1.35. The van der Waals surface area contributed by atoms with E-state index in [-0.39, 0.29) is 12.4 Å². The van der Waals surface area contributed by atoms with Crippen LogP contribution in [0.1, 0.15) is 6.92 Å². The molecule has 5 heteroatoms. The van der Waals surface area contributed by atoms with Gasteiger partial charge in [-0.1, -0.05) is 6.07 Å². The van der Waals surface area contributed by atoms with Gasteiger partial charge in [0, 0.05) is 18.7 Å².